The quantitative estimate of drug-likeness (QED) is 0.354. The van der Waals surface area contributed by atoms with Gasteiger partial charge in [0.2, 0.25) is 0 Å². The van der Waals surface area contributed by atoms with Gasteiger partial charge in [0.25, 0.3) is 0 Å². The number of nitrogens with zero attached hydrogens (tertiary/aromatic N) is 3. The van der Waals surface area contributed by atoms with Gasteiger partial charge < -0.3 is 10.2 Å². The van der Waals surface area contributed by atoms with Gasteiger partial charge in [0.05, 0.1) is 16.9 Å². The van der Waals surface area contributed by atoms with Crippen LogP contribution in [-0.4, -0.2) is 30.1 Å². The molecule has 39 heavy (non-hydrogen) atoms. The Morgan fingerprint density at radius 2 is 1.67 bits per heavy atom. The highest BCUT2D eigenvalue weighted by Crippen LogP contribution is 2.38. The molecule has 0 bridgehead atoms. The number of anilines is 3. The monoisotopic (exact) mass is 538 g/mol. The summed E-state index contributed by atoms with van der Waals surface area (Å²) in [6, 6.07) is 14.3. The minimum absolute atomic E-state index is 0.182. The maximum Gasteiger partial charge on any atom is 0.416 e. The summed E-state index contributed by atoms with van der Waals surface area (Å²) < 4.78 is 40.3. The van der Waals surface area contributed by atoms with Crippen LogP contribution in [0.4, 0.5) is 35.2 Å². The van der Waals surface area contributed by atoms with E-state index in [4.69, 9.17) is 4.98 Å². The number of hydrogen-bond acceptors (Lipinski definition) is 3. The zero-order chi connectivity index (χ0) is 28.5. The van der Waals surface area contributed by atoms with E-state index in [9.17, 15) is 18.0 Å². The molecule has 0 saturated carbocycles. The second-order valence-corrected chi connectivity index (χ2v) is 10.8. The summed E-state index contributed by atoms with van der Waals surface area (Å²) in [7, 11) is 0. The van der Waals surface area contributed by atoms with Crippen molar-refractivity contribution in [2.45, 2.75) is 72.0 Å². The fourth-order valence-electron chi connectivity index (χ4n) is 5.17. The first-order valence-corrected chi connectivity index (χ1v) is 13.6. The van der Waals surface area contributed by atoms with Crippen molar-refractivity contribution in [2.75, 3.05) is 28.2 Å². The molecule has 8 heteroatoms. The first-order chi connectivity index (χ1) is 18.4. The molecule has 1 atom stereocenters. The topological polar surface area (TPSA) is 48.5 Å². The molecule has 1 aliphatic rings. The molecule has 0 spiro atoms. The minimum Gasteiger partial charge on any atom is -0.369 e. The number of aromatic nitrogens is 1. The third-order valence-corrected chi connectivity index (χ3v) is 7.37. The molecule has 0 saturated heterocycles. The molecule has 2 aromatic carbocycles. The van der Waals surface area contributed by atoms with E-state index in [0.717, 1.165) is 47.6 Å². The summed E-state index contributed by atoms with van der Waals surface area (Å²) in [4.78, 5) is 22.7. The van der Waals surface area contributed by atoms with Crippen LogP contribution in [0, 0.1) is 0 Å². The number of carbonyl (C=O) groups excluding carboxylic acids is 1. The highest BCUT2D eigenvalue weighted by atomic mass is 19.4. The van der Waals surface area contributed by atoms with Crippen LogP contribution in [-0.2, 0) is 6.18 Å². The molecule has 2 heterocycles. The number of hydrogen-bond donors (Lipinski definition) is 1. The van der Waals surface area contributed by atoms with E-state index in [0.29, 0.717) is 23.6 Å². The number of amides is 2. The van der Waals surface area contributed by atoms with Crippen molar-refractivity contribution in [1.29, 1.82) is 0 Å². The van der Waals surface area contributed by atoms with Gasteiger partial charge in [-0.15, -0.1) is 0 Å². The number of pyridine rings is 1. The Morgan fingerprint density at radius 1 is 1.03 bits per heavy atom. The molecule has 0 aliphatic carbocycles. The highest BCUT2D eigenvalue weighted by molar-refractivity contribution is 6.04. The van der Waals surface area contributed by atoms with E-state index < -0.39 is 11.7 Å². The molecular weight excluding hydrogens is 501 g/mol. The smallest absolute Gasteiger partial charge is 0.369 e. The first-order valence-electron chi connectivity index (χ1n) is 13.6. The van der Waals surface area contributed by atoms with Crippen molar-refractivity contribution in [2.24, 2.45) is 0 Å². The van der Waals surface area contributed by atoms with Crippen LogP contribution in [0.5, 0.6) is 0 Å². The summed E-state index contributed by atoms with van der Waals surface area (Å²) in [5, 5.41) is 3.21. The van der Waals surface area contributed by atoms with Crippen molar-refractivity contribution in [3.63, 3.8) is 0 Å². The summed E-state index contributed by atoms with van der Waals surface area (Å²) in [5.74, 6) is 0.852. The van der Waals surface area contributed by atoms with Gasteiger partial charge in [-0.25, -0.2) is 9.78 Å². The predicted molar refractivity (Wildman–Crippen MR) is 153 cm³/mol. The zero-order valence-corrected chi connectivity index (χ0v) is 23.4. The van der Waals surface area contributed by atoms with Gasteiger partial charge in [-0.05, 0) is 67.5 Å². The van der Waals surface area contributed by atoms with E-state index >= 15 is 0 Å². The number of para-hydroxylation sites is 1. The summed E-state index contributed by atoms with van der Waals surface area (Å²) in [6.45, 7) is 13.9. The van der Waals surface area contributed by atoms with Crippen LogP contribution in [0.2, 0.25) is 0 Å². The number of urea groups is 1. The maximum atomic E-state index is 14.1. The third-order valence-electron chi connectivity index (χ3n) is 7.37. The summed E-state index contributed by atoms with van der Waals surface area (Å²) >= 11 is 0. The van der Waals surface area contributed by atoms with E-state index in [1.54, 1.807) is 17.0 Å². The lowest BCUT2D eigenvalue weighted by Crippen LogP contribution is -2.42. The number of rotatable bonds is 5. The van der Waals surface area contributed by atoms with E-state index in [2.05, 4.69) is 37.9 Å². The second-order valence-electron chi connectivity index (χ2n) is 10.8. The average Bonchev–Trinajstić information content (AvgIpc) is 3.03. The maximum absolute atomic E-state index is 14.1. The molecule has 0 radical (unpaired) electrons. The largest absolute Gasteiger partial charge is 0.416 e. The number of alkyl halides is 3. The molecular formula is C31H37F3N4O. The molecule has 1 aromatic heterocycles. The molecule has 1 N–H and O–H groups in total. The fourth-order valence-corrected chi connectivity index (χ4v) is 5.17. The Labute approximate surface area is 229 Å². The van der Waals surface area contributed by atoms with E-state index in [1.807, 2.05) is 38.1 Å². The minimum atomic E-state index is -4.46. The van der Waals surface area contributed by atoms with Crippen molar-refractivity contribution in [3.8, 4) is 11.3 Å². The molecule has 4 rings (SSSR count). The second kappa shape index (κ2) is 11.3. The van der Waals surface area contributed by atoms with Crippen LogP contribution in [0.25, 0.3) is 11.3 Å². The van der Waals surface area contributed by atoms with Crippen LogP contribution in [0.15, 0.2) is 54.6 Å². The SMILES string of the molecule is CCN1CC[C@@H](C)N(C(=O)Nc2c(C(C)C)cccc2C(C)C)c2nc(-c3cccc(C(F)(F)F)c3)ccc21. The van der Waals surface area contributed by atoms with Gasteiger partial charge in [-0.2, -0.15) is 13.2 Å². The van der Waals surface area contributed by atoms with Gasteiger partial charge in [0, 0.05) is 30.4 Å². The molecule has 208 valence electrons. The Morgan fingerprint density at radius 3 is 2.26 bits per heavy atom. The number of carbonyl (C=O) groups is 1. The van der Waals surface area contributed by atoms with Gasteiger partial charge in [0.15, 0.2) is 5.82 Å². The number of nitrogens with one attached hydrogen (secondary N) is 1. The molecule has 0 unspecified atom stereocenters. The van der Waals surface area contributed by atoms with Crippen molar-refractivity contribution < 1.29 is 18.0 Å². The Bertz CT molecular complexity index is 1310. The standard InChI is InChI=1S/C31H37F3N4O/c1-7-37-17-16-21(6)38(30(39)36-28-24(19(2)3)12-9-13-25(28)20(4)5)29-27(37)15-14-26(35-29)22-10-8-11-23(18-22)31(32,33)34/h8-15,18-21H,7,16-17H2,1-6H3,(H,36,39)/t21-/m1/s1. The zero-order valence-electron chi connectivity index (χ0n) is 23.4. The fraction of sp³-hybridized carbons (Fsp3) is 0.419. The Hall–Kier alpha value is -3.55. The van der Waals surface area contributed by atoms with Crippen LogP contribution < -0.4 is 15.1 Å². The summed E-state index contributed by atoms with van der Waals surface area (Å²) in [5.41, 5.74) is 3.70. The lowest BCUT2D eigenvalue weighted by Gasteiger charge is -2.30. The van der Waals surface area contributed by atoms with Gasteiger partial charge in [-0.3, -0.25) is 4.90 Å². The molecule has 1 aliphatic heterocycles. The van der Waals surface area contributed by atoms with Crippen molar-refractivity contribution in [3.05, 3.63) is 71.3 Å². The van der Waals surface area contributed by atoms with E-state index in [-0.39, 0.29) is 23.9 Å². The van der Waals surface area contributed by atoms with Crippen molar-refractivity contribution >= 4 is 23.2 Å². The lowest BCUT2D eigenvalue weighted by atomic mass is 9.92. The first kappa shape index (κ1) is 28.5. The number of benzene rings is 2. The average molecular weight is 539 g/mol. The van der Waals surface area contributed by atoms with Gasteiger partial charge in [0.1, 0.15) is 0 Å². The van der Waals surface area contributed by atoms with Crippen LogP contribution in [0.1, 0.15) is 76.5 Å². The molecule has 5 nitrogen and oxygen atoms in total. The number of halogens is 3. The predicted octanol–water partition coefficient (Wildman–Crippen LogP) is 8.67. The van der Waals surface area contributed by atoms with Crippen molar-refractivity contribution in [1.82, 2.24) is 4.98 Å². The number of fused-ring (bicyclic) bond motifs is 1. The van der Waals surface area contributed by atoms with Crippen LogP contribution in [0.3, 0.4) is 0 Å². The molecule has 0 fully saturated rings. The van der Waals surface area contributed by atoms with Gasteiger partial charge in [-0.1, -0.05) is 58.0 Å². The Balaban J connectivity index is 1.82. The molecule has 3 aromatic rings. The summed E-state index contributed by atoms with van der Waals surface area (Å²) in [6.07, 6.45) is -3.74. The van der Waals surface area contributed by atoms with E-state index in [1.165, 1.54) is 6.07 Å². The van der Waals surface area contributed by atoms with Crippen LogP contribution >= 0.6 is 0 Å². The normalized spacial score (nSPS) is 15.9. The lowest BCUT2D eigenvalue weighted by molar-refractivity contribution is -0.137. The highest BCUT2D eigenvalue weighted by Gasteiger charge is 2.33. The third kappa shape index (κ3) is 5.89. The van der Waals surface area contributed by atoms with Gasteiger partial charge >= 0.3 is 12.2 Å². The molecule has 2 amide bonds. The Kier molecular flexibility index (Phi) is 8.23.